The number of benzene rings is 1. The second-order valence-electron chi connectivity index (χ2n) is 4.49. The van der Waals surface area contributed by atoms with Crippen LogP contribution in [0.5, 0.6) is 0 Å². The monoisotopic (exact) mass is 338 g/mol. The molecule has 1 aromatic carbocycles. The average molecular weight is 340 g/mol. The van der Waals surface area contributed by atoms with Crippen LogP contribution in [0.15, 0.2) is 41.1 Å². The molecule has 1 N–H and O–H groups in total. The maximum atomic E-state index is 6.18. The molecule has 0 spiro atoms. The third kappa shape index (κ3) is 3.35. The predicted octanol–water partition coefficient (Wildman–Crippen LogP) is 4.31. The van der Waals surface area contributed by atoms with Crippen LogP contribution in [0.2, 0.25) is 5.02 Å². The Bertz CT molecular complexity index is 572. The van der Waals surface area contributed by atoms with Crippen LogP contribution < -0.4 is 5.32 Å². The maximum absolute atomic E-state index is 6.18. The van der Waals surface area contributed by atoms with Crippen molar-refractivity contribution in [2.75, 3.05) is 7.05 Å². The van der Waals surface area contributed by atoms with Gasteiger partial charge in [0.25, 0.3) is 0 Å². The molecule has 1 unspecified atom stereocenters. The van der Waals surface area contributed by atoms with E-state index in [9.17, 15) is 0 Å². The van der Waals surface area contributed by atoms with Gasteiger partial charge < -0.3 is 5.32 Å². The number of nitrogens with zero attached hydrogens (tertiary/aromatic N) is 1. The maximum Gasteiger partial charge on any atom is 0.0622 e. The predicted molar refractivity (Wildman–Crippen MR) is 83.6 cm³/mol. The van der Waals surface area contributed by atoms with E-state index in [2.05, 4.69) is 51.4 Å². The van der Waals surface area contributed by atoms with Crippen LogP contribution in [-0.4, -0.2) is 12.0 Å². The second-order valence-corrected chi connectivity index (χ2v) is 5.69. The molecule has 1 heterocycles. The quantitative estimate of drug-likeness (QED) is 0.898. The van der Waals surface area contributed by atoms with Gasteiger partial charge in [-0.1, -0.05) is 45.7 Å². The van der Waals surface area contributed by atoms with E-state index in [1.54, 1.807) is 12.4 Å². The number of likely N-dealkylation sites (N-methyl/N-ethyl adjacent to an activating group) is 1. The standard InChI is InChI=1S/C15H16BrClN2/c1-10-4-3-5-12(15(10)16)14(18-2)8-11-6-7-19-9-13(11)17/h3-7,9,14,18H,8H2,1-2H3. The highest BCUT2D eigenvalue weighted by Gasteiger charge is 2.15. The first-order valence-electron chi connectivity index (χ1n) is 6.14. The van der Waals surface area contributed by atoms with Crippen molar-refractivity contribution in [1.29, 1.82) is 0 Å². The highest BCUT2D eigenvalue weighted by atomic mass is 79.9. The van der Waals surface area contributed by atoms with E-state index in [-0.39, 0.29) is 6.04 Å². The fraction of sp³-hybridized carbons (Fsp3) is 0.267. The summed E-state index contributed by atoms with van der Waals surface area (Å²) in [6, 6.07) is 8.49. The van der Waals surface area contributed by atoms with Crippen molar-refractivity contribution in [1.82, 2.24) is 10.3 Å². The molecule has 100 valence electrons. The minimum atomic E-state index is 0.217. The number of pyridine rings is 1. The summed E-state index contributed by atoms with van der Waals surface area (Å²) in [5, 5.41) is 4.07. The lowest BCUT2D eigenvalue weighted by molar-refractivity contribution is 0.589. The molecule has 2 rings (SSSR count). The zero-order valence-corrected chi connectivity index (χ0v) is 13.3. The van der Waals surface area contributed by atoms with E-state index in [1.807, 2.05) is 13.1 Å². The van der Waals surface area contributed by atoms with Crippen molar-refractivity contribution in [3.8, 4) is 0 Å². The van der Waals surface area contributed by atoms with Gasteiger partial charge >= 0.3 is 0 Å². The Morgan fingerprint density at radius 1 is 1.37 bits per heavy atom. The topological polar surface area (TPSA) is 24.9 Å². The molecule has 4 heteroatoms. The Balaban J connectivity index is 2.31. The van der Waals surface area contributed by atoms with Crippen LogP contribution in [0.4, 0.5) is 0 Å². The summed E-state index contributed by atoms with van der Waals surface area (Å²) >= 11 is 9.85. The molecule has 0 saturated carbocycles. The third-order valence-corrected chi connectivity index (χ3v) is 4.65. The molecule has 19 heavy (non-hydrogen) atoms. The summed E-state index contributed by atoms with van der Waals surface area (Å²) in [6.07, 6.45) is 4.30. The lowest BCUT2D eigenvalue weighted by Gasteiger charge is -2.19. The van der Waals surface area contributed by atoms with Crippen LogP contribution >= 0.6 is 27.5 Å². The van der Waals surface area contributed by atoms with Crippen LogP contribution in [0.25, 0.3) is 0 Å². The summed E-state index contributed by atoms with van der Waals surface area (Å²) in [6.45, 7) is 2.10. The van der Waals surface area contributed by atoms with Gasteiger partial charge in [0.15, 0.2) is 0 Å². The number of aryl methyl sites for hydroxylation is 1. The van der Waals surface area contributed by atoms with Crippen molar-refractivity contribution < 1.29 is 0 Å². The molecule has 0 aliphatic rings. The molecule has 0 fully saturated rings. The van der Waals surface area contributed by atoms with Gasteiger partial charge in [-0.2, -0.15) is 0 Å². The Morgan fingerprint density at radius 2 is 2.16 bits per heavy atom. The van der Waals surface area contributed by atoms with Gasteiger partial charge in [-0.25, -0.2) is 0 Å². The number of halogens is 2. The normalized spacial score (nSPS) is 12.4. The average Bonchev–Trinajstić information content (AvgIpc) is 2.41. The van der Waals surface area contributed by atoms with Gasteiger partial charge in [-0.15, -0.1) is 0 Å². The fourth-order valence-electron chi connectivity index (χ4n) is 2.10. The van der Waals surface area contributed by atoms with E-state index in [1.165, 1.54) is 11.1 Å². The molecular formula is C15H16BrClN2. The van der Waals surface area contributed by atoms with Crippen LogP contribution in [0.1, 0.15) is 22.7 Å². The minimum Gasteiger partial charge on any atom is -0.313 e. The lowest BCUT2D eigenvalue weighted by Crippen LogP contribution is -2.19. The molecule has 2 nitrogen and oxygen atoms in total. The zero-order valence-electron chi connectivity index (χ0n) is 11.0. The SMILES string of the molecule is CNC(Cc1ccncc1Cl)c1cccc(C)c1Br. The van der Waals surface area contributed by atoms with Gasteiger partial charge in [-0.3, -0.25) is 4.98 Å². The number of hydrogen-bond acceptors (Lipinski definition) is 2. The van der Waals surface area contributed by atoms with Crippen molar-refractivity contribution >= 4 is 27.5 Å². The molecule has 0 bridgehead atoms. The minimum absolute atomic E-state index is 0.217. The second kappa shape index (κ2) is 6.51. The van der Waals surface area contributed by atoms with Gasteiger partial charge in [0.2, 0.25) is 0 Å². The molecule has 1 aromatic heterocycles. The largest absolute Gasteiger partial charge is 0.313 e. The third-order valence-electron chi connectivity index (χ3n) is 3.23. The smallest absolute Gasteiger partial charge is 0.0622 e. The first kappa shape index (κ1) is 14.5. The van der Waals surface area contributed by atoms with E-state index < -0.39 is 0 Å². The molecular weight excluding hydrogens is 324 g/mol. The summed E-state index contributed by atoms with van der Waals surface area (Å²) in [4.78, 5) is 4.02. The number of nitrogens with one attached hydrogen (secondary N) is 1. The van der Waals surface area contributed by atoms with Crippen molar-refractivity contribution in [3.63, 3.8) is 0 Å². The fourth-order valence-corrected chi connectivity index (χ4v) is 2.83. The first-order valence-corrected chi connectivity index (χ1v) is 7.31. The van der Waals surface area contributed by atoms with Gasteiger partial charge in [-0.05, 0) is 43.1 Å². The van der Waals surface area contributed by atoms with E-state index >= 15 is 0 Å². The Hall–Kier alpha value is -0.900. The van der Waals surface area contributed by atoms with E-state index in [4.69, 9.17) is 11.6 Å². The highest BCUT2D eigenvalue weighted by Crippen LogP contribution is 2.29. The number of hydrogen-bond donors (Lipinski definition) is 1. The van der Waals surface area contributed by atoms with Gasteiger partial charge in [0, 0.05) is 22.9 Å². The lowest BCUT2D eigenvalue weighted by atomic mass is 9.98. The molecule has 2 aromatic rings. The molecule has 0 saturated heterocycles. The van der Waals surface area contributed by atoms with Gasteiger partial charge in [0.1, 0.15) is 0 Å². The Morgan fingerprint density at radius 3 is 2.84 bits per heavy atom. The summed E-state index contributed by atoms with van der Waals surface area (Å²) in [7, 11) is 1.97. The molecule has 0 aliphatic carbocycles. The Labute approximate surface area is 127 Å². The van der Waals surface area contributed by atoms with E-state index in [0.717, 1.165) is 16.5 Å². The van der Waals surface area contributed by atoms with Crippen LogP contribution in [-0.2, 0) is 6.42 Å². The van der Waals surface area contributed by atoms with Crippen molar-refractivity contribution in [2.45, 2.75) is 19.4 Å². The first-order chi connectivity index (χ1) is 9.13. The molecule has 0 amide bonds. The highest BCUT2D eigenvalue weighted by molar-refractivity contribution is 9.10. The van der Waals surface area contributed by atoms with Crippen molar-refractivity contribution in [2.24, 2.45) is 0 Å². The number of rotatable bonds is 4. The van der Waals surface area contributed by atoms with Gasteiger partial charge in [0.05, 0.1) is 5.02 Å². The molecule has 0 radical (unpaired) electrons. The molecule has 0 aliphatic heterocycles. The number of aromatic nitrogens is 1. The summed E-state index contributed by atoms with van der Waals surface area (Å²) in [5.74, 6) is 0. The van der Waals surface area contributed by atoms with E-state index in [0.29, 0.717) is 5.02 Å². The zero-order chi connectivity index (χ0) is 13.8. The Kier molecular flexibility index (Phi) is 4.97. The van der Waals surface area contributed by atoms with Crippen molar-refractivity contribution in [3.05, 3.63) is 62.8 Å². The van der Waals surface area contributed by atoms with Crippen LogP contribution in [0.3, 0.4) is 0 Å². The summed E-state index contributed by atoms with van der Waals surface area (Å²) in [5.41, 5.74) is 3.58. The molecule has 1 atom stereocenters. The summed E-state index contributed by atoms with van der Waals surface area (Å²) < 4.78 is 1.15. The van der Waals surface area contributed by atoms with Crippen LogP contribution in [0, 0.1) is 6.92 Å².